The maximum absolute atomic E-state index is 12.5. The molecule has 0 bridgehead atoms. The lowest BCUT2D eigenvalue weighted by atomic mass is 9.85. The number of para-hydroxylation sites is 1. The predicted molar refractivity (Wildman–Crippen MR) is 125 cm³/mol. The van der Waals surface area contributed by atoms with Crippen LogP contribution in [0.2, 0.25) is 0 Å². The largest absolute Gasteiger partial charge is 0.364 e. The summed E-state index contributed by atoms with van der Waals surface area (Å²) in [6.07, 6.45) is 4.36. The van der Waals surface area contributed by atoms with E-state index in [0.29, 0.717) is 29.4 Å². The van der Waals surface area contributed by atoms with Crippen molar-refractivity contribution in [1.82, 2.24) is 25.1 Å². The molecule has 10 nitrogen and oxygen atoms in total. The summed E-state index contributed by atoms with van der Waals surface area (Å²) < 4.78 is 1.85. The van der Waals surface area contributed by atoms with Crippen LogP contribution in [0.1, 0.15) is 41.3 Å². The van der Waals surface area contributed by atoms with Gasteiger partial charge in [-0.3, -0.25) is 9.59 Å². The molecule has 1 saturated carbocycles. The van der Waals surface area contributed by atoms with Gasteiger partial charge in [0.1, 0.15) is 11.6 Å². The van der Waals surface area contributed by atoms with Gasteiger partial charge in [0.25, 0.3) is 5.91 Å². The summed E-state index contributed by atoms with van der Waals surface area (Å²) in [5, 5.41) is 13.5. The highest BCUT2D eigenvalue weighted by molar-refractivity contribution is 6.02. The minimum absolute atomic E-state index is 0.0294. The summed E-state index contributed by atoms with van der Waals surface area (Å²) >= 11 is 0. The average molecular weight is 447 g/mol. The van der Waals surface area contributed by atoms with Crippen molar-refractivity contribution in [2.75, 3.05) is 29.6 Å². The first-order valence-electron chi connectivity index (χ1n) is 11.0. The van der Waals surface area contributed by atoms with E-state index in [-0.39, 0.29) is 17.7 Å². The molecule has 0 unspecified atom stereocenters. The molecule has 3 aromatic rings. The van der Waals surface area contributed by atoms with E-state index in [4.69, 9.17) is 0 Å². The van der Waals surface area contributed by atoms with Crippen LogP contribution < -0.4 is 20.9 Å². The highest BCUT2D eigenvalue weighted by Crippen LogP contribution is 2.38. The summed E-state index contributed by atoms with van der Waals surface area (Å²) in [5.41, 5.74) is 3.58. The number of pyridine rings is 1. The SMILES string of the molecule is CNC(=O)c1cnc(NC(=O)C2CCC2)cc1Nc1cccc2c1N(C)Cc1nc(C)nn1-2. The molecule has 3 heterocycles. The Kier molecular flexibility index (Phi) is 5.20. The highest BCUT2D eigenvalue weighted by atomic mass is 16.2. The Labute approximate surface area is 191 Å². The van der Waals surface area contributed by atoms with Gasteiger partial charge in [-0.2, -0.15) is 5.10 Å². The van der Waals surface area contributed by atoms with E-state index in [2.05, 4.69) is 35.9 Å². The van der Waals surface area contributed by atoms with E-state index in [9.17, 15) is 9.59 Å². The van der Waals surface area contributed by atoms with Gasteiger partial charge in [0.05, 0.1) is 34.9 Å². The molecule has 0 spiro atoms. The number of nitrogens with zero attached hydrogens (tertiary/aromatic N) is 5. The molecule has 1 aliphatic heterocycles. The monoisotopic (exact) mass is 446 g/mol. The van der Waals surface area contributed by atoms with Gasteiger partial charge in [0.15, 0.2) is 5.82 Å². The van der Waals surface area contributed by atoms with Crippen molar-refractivity contribution in [1.29, 1.82) is 0 Å². The minimum Gasteiger partial charge on any atom is -0.364 e. The van der Waals surface area contributed by atoms with E-state index in [0.717, 1.165) is 42.1 Å². The molecule has 33 heavy (non-hydrogen) atoms. The van der Waals surface area contributed by atoms with Gasteiger partial charge >= 0.3 is 0 Å². The van der Waals surface area contributed by atoms with Crippen molar-refractivity contribution in [3.63, 3.8) is 0 Å². The van der Waals surface area contributed by atoms with Crippen molar-refractivity contribution in [3.05, 3.63) is 47.7 Å². The van der Waals surface area contributed by atoms with Gasteiger partial charge in [0, 0.05) is 32.3 Å². The fraction of sp³-hybridized carbons (Fsp3) is 0.348. The Hall–Kier alpha value is -3.95. The Morgan fingerprint density at radius 2 is 2.00 bits per heavy atom. The lowest BCUT2D eigenvalue weighted by Crippen LogP contribution is -2.28. The number of fused-ring (bicyclic) bond motifs is 3. The molecule has 2 amide bonds. The standard InChI is InChI=1S/C23H26N8O2/c1-13-26-20-12-30(3)21-16(8-5-9-18(21)31(20)29-13)27-17-10-19(25-11-15(17)23(33)24-2)28-22(32)14-6-4-7-14/h5,8-11,14H,4,6-7,12H2,1-3H3,(H,24,33)(H2,25,27,28,32). The van der Waals surface area contributed by atoms with E-state index in [1.807, 2.05) is 36.9 Å². The normalized spacial score (nSPS) is 14.7. The van der Waals surface area contributed by atoms with Gasteiger partial charge in [-0.05, 0) is 31.9 Å². The number of amides is 2. The maximum atomic E-state index is 12.5. The number of benzene rings is 1. The number of hydrogen-bond acceptors (Lipinski definition) is 7. The van der Waals surface area contributed by atoms with Gasteiger partial charge in [-0.25, -0.2) is 14.6 Å². The van der Waals surface area contributed by atoms with Crippen LogP contribution in [-0.4, -0.2) is 45.7 Å². The van der Waals surface area contributed by atoms with E-state index in [1.165, 1.54) is 6.20 Å². The summed E-state index contributed by atoms with van der Waals surface area (Å²) in [6.45, 7) is 2.48. The lowest BCUT2D eigenvalue weighted by molar-refractivity contribution is -0.122. The minimum atomic E-state index is -0.269. The zero-order chi connectivity index (χ0) is 23.1. The Balaban J connectivity index is 1.53. The number of rotatable bonds is 5. The number of carbonyl (C=O) groups is 2. The van der Waals surface area contributed by atoms with Crippen LogP contribution in [0, 0.1) is 12.8 Å². The number of hydrogen-bond donors (Lipinski definition) is 3. The lowest BCUT2D eigenvalue weighted by Gasteiger charge is -2.30. The van der Waals surface area contributed by atoms with Gasteiger partial charge in [-0.1, -0.05) is 12.5 Å². The topological polar surface area (TPSA) is 117 Å². The maximum Gasteiger partial charge on any atom is 0.254 e. The van der Waals surface area contributed by atoms with Crippen LogP contribution >= 0.6 is 0 Å². The van der Waals surface area contributed by atoms with Crippen LogP contribution in [0.4, 0.5) is 22.9 Å². The number of aromatic nitrogens is 4. The fourth-order valence-electron chi connectivity index (χ4n) is 4.24. The first-order valence-corrected chi connectivity index (χ1v) is 11.0. The number of aryl methyl sites for hydroxylation is 1. The Morgan fingerprint density at radius 1 is 1.18 bits per heavy atom. The van der Waals surface area contributed by atoms with E-state index < -0.39 is 0 Å². The molecule has 3 N–H and O–H groups in total. The van der Waals surface area contributed by atoms with Crippen LogP contribution in [0.5, 0.6) is 0 Å². The molecule has 10 heteroatoms. The molecule has 1 fully saturated rings. The molecule has 0 atom stereocenters. The first kappa shape index (κ1) is 20.9. The van der Waals surface area contributed by atoms with Crippen molar-refractivity contribution in [2.45, 2.75) is 32.7 Å². The molecule has 170 valence electrons. The van der Waals surface area contributed by atoms with Crippen molar-refractivity contribution < 1.29 is 9.59 Å². The van der Waals surface area contributed by atoms with Crippen molar-refractivity contribution in [2.24, 2.45) is 5.92 Å². The molecule has 2 aromatic heterocycles. The smallest absolute Gasteiger partial charge is 0.254 e. The zero-order valence-corrected chi connectivity index (χ0v) is 18.8. The number of nitrogens with one attached hydrogen (secondary N) is 3. The van der Waals surface area contributed by atoms with E-state index >= 15 is 0 Å². The van der Waals surface area contributed by atoms with Crippen LogP contribution in [0.15, 0.2) is 30.5 Å². The quantitative estimate of drug-likeness (QED) is 0.552. The van der Waals surface area contributed by atoms with Crippen molar-refractivity contribution >= 4 is 34.7 Å². The second-order valence-corrected chi connectivity index (χ2v) is 8.45. The highest BCUT2D eigenvalue weighted by Gasteiger charge is 2.27. The third kappa shape index (κ3) is 3.77. The molecule has 0 saturated heterocycles. The Bertz CT molecular complexity index is 1250. The summed E-state index contributed by atoms with van der Waals surface area (Å²) in [4.78, 5) is 35.9. The summed E-state index contributed by atoms with van der Waals surface area (Å²) in [5.74, 6) is 1.74. The molecule has 1 aromatic carbocycles. The van der Waals surface area contributed by atoms with Gasteiger partial charge in [-0.15, -0.1) is 0 Å². The first-order chi connectivity index (χ1) is 15.9. The van der Waals surface area contributed by atoms with Crippen LogP contribution in [-0.2, 0) is 11.3 Å². The molecule has 0 radical (unpaired) electrons. The fourth-order valence-corrected chi connectivity index (χ4v) is 4.24. The Morgan fingerprint density at radius 3 is 2.73 bits per heavy atom. The predicted octanol–water partition coefficient (Wildman–Crippen LogP) is 2.76. The number of carbonyl (C=O) groups excluding carboxylic acids is 2. The molecular weight excluding hydrogens is 420 g/mol. The van der Waals surface area contributed by atoms with Crippen LogP contribution in [0.25, 0.3) is 5.69 Å². The number of anilines is 4. The van der Waals surface area contributed by atoms with E-state index in [1.54, 1.807) is 13.1 Å². The summed E-state index contributed by atoms with van der Waals surface area (Å²) in [6, 6.07) is 7.57. The zero-order valence-electron chi connectivity index (χ0n) is 18.8. The van der Waals surface area contributed by atoms with Crippen LogP contribution in [0.3, 0.4) is 0 Å². The second kappa shape index (κ2) is 8.19. The molecule has 1 aliphatic carbocycles. The molecular formula is C23H26N8O2. The average Bonchev–Trinajstić information content (AvgIpc) is 3.12. The van der Waals surface area contributed by atoms with Crippen molar-refractivity contribution in [3.8, 4) is 5.69 Å². The summed E-state index contributed by atoms with van der Waals surface area (Å²) in [7, 11) is 3.57. The second-order valence-electron chi connectivity index (χ2n) is 8.45. The third-order valence-electron chi connectivity index (χ3n) is 6.16. The van der Waals surface area contributed by atoms with Gasteiger partial charge < -0.3 is 20.9 Å². The van der Waals surface area contributed by atoms with Gasteiger partial charge in [0.2, 0.25) is 5.91 Å². The third-order valence-corrected chi connectivity index (χ3v) is 6.16. The molecule has 5 rings (SSSR count). The molecule has 2 aliphatic rings.